The zero-order valence-corrected chi connectivity index (χ0v) is 9.17. The van der Waals surface area contributed by atoms with E-state index in [1.807, 2.05) is 6.07 Å². The molecule has 0 radical (unpaired) electrons. The summed E-state index contributed by atoms with van der Waals surface area (Å²) in [5.74, 6) is -0.0768. The average Bonchev–Trinajstić information content (AvgIpc) is 2.38. The van der Waals surface area contributed by atoms with Gasteiger partial charge in [-0.1, -0.05) is 17.7 Å². The molecule has 0 fully saturated rings. The zero-order valence-electron chi connectivity index (χ0n) is 8.42. The van der Waals surface area contributed by atoms with Crippen molar-refractivity contribution in [2.45, 2.75) is 12.5 Å². The fourth-order valence-corrected chi connectivity index (χ4v) is 1.99. The van der Waals surface area contributed by atoms with Crippen LogP contribution >= 0.6 is 11.6 Å². The van der Waals surface area contributed by atoms with Crippen molar-refractivity contribution < 1.29 is 9.53 Å². The van der Waals surface area contributed by atoms with Crippen molar-refractivity contribution in [3.63, 3.8) is 0 Å². The Morgan fingerprint density at radius 1 is 1.53 bits per heavy atom. The summed E-state index contributed by atoms with van der Waals surface area (Å²) in [5, 5.41) is 3.38. The van der Waals surface area contributed by atoms with Crippen LogP contribution in [0.1, 0.15) is 28.4 Å². The van der Waals surface area contributed by atoms with E-state index in [9.17, 15) is 4.79 Å². The number of fused-ring (bicyclic) bond motifs is 1. The summed E-state index contributed by atoms with van der Waals surface area (Å²) in [6.45, 7) is 0.629. The van der Waals surface area contributed by atoms with Gasteiger partial charge in [0.05, 0.1) is 6.10 Å². The highest BCUT2D eigenvalue weighted by Crippen LogP contribution is 2.28. The molecule has 0 saturated heterocycles. The first-order valence-corrected chi connectivity index (χ1v) is 5.20. The first kappa shape index (κ1) is 10.5. The average molecular weight is 226 g/mol. The number of methoxy groups -OCH3 is 1. The van der Waals surface area contributed by atoms with Crippen molar-refractivity contribution in [3.8, 4) is 0 Å². The van der Waals surface area contributed by atoms with Gasteiger partial charge in [-0.25, -0.2) is 0 Å². The van der Waals surface area contributed by atoms with Gasteiger partial charge >= 0.3 is 0 Å². The lowest BCUT2D eigenvalue weighted by atomic mass is 10.0. The van der Waals surface area contributed by atoms with Gasteiger partial charge in [-0.05, 0) is 24.1 Å². The Morgan fingerprint density at radius 2 is 2.33 bits per heavy atom. The third-order valence-corrected chi connectivity index (χ3v) is 2.82. The monoisotopic (exact) mass is 225 g/mol. The van der Waals surface area contributed by atoms with Crippen LogP contribution in [0.2, 0.25) is 5.02 Å². The molecule has 1 aromatic carbocycles. The van der Waals surface area contributed by atoms with Gasteiger partial charge in [0, 0.05) is 24.2 Å². The van der Waals surface area contributed by atoms with Crippen molar-refractivity contribution in [1.82, 2.24) is 5.32 Å². The van der Waals surface area contributed by atoms with Crippen molar-refractivity contribution in [2.24, 2.45) is 0 Å². The van der Waals surface area contributed by atoms with Crippen molar-refractivity contribution in [2.75, 3.05) is 13.7 Å². The normalized spacial score (nSPS) is 20.4. The van der Waals surface area contributed by atoms with E-state index in [0.29, 0.717) is 17.1 Å². The first-order valence-electron chi connectivity index (χ1n) is 4.83. The Balaban J connectivity index is 2.51. The predicted octanol–water partition coefficient (Wildman–Crippen LogP) is 2.16. The van der Waals surface area contributed by atoms with E-state index in [1.54, 1.807) is 19.2 Å². The largest absolute Gasteiger partial charge is 0.377 e. The summed E-state index contributed by atoms with van der Waals surface area (Å²) >= 11 is 5.87. The highest BCUT2D eigenvalue weighted by atomic mass is 35.5. The molecular formula is C11H12ClNO2. The summed E-state index contributed by atoms with van der Waals surface area (Å²) in [6.07, 6.45) is 0.757. The molecule has 1 aromatic rings. The zero-order chi connectivity index (χ0) is 10.8. The number of halogens is 1. The number of hydrogen-bond donors (Lipinski definition) is 1. The van der Waals surface area contributed by atoms with Gasteiger partial charge in [0.25, 0.3) is 5.91 Å². The van der Waals surface area contributed by atoms with Crippen LogP contribution in [-0.4, -0.2) is 19.6 Å². The third kappa shape index (κ3) is 1.98. The number of carbonyl (C=O) groups excluding carboxylic acids is 1. The summed E-state index contributed by atoms with van der Waals surface area (Å²) in [6, 6.07) is 5.32. The number of rotatable bonds is 1. The molecule has 1 N–H and O–H groups in total. The number of hydrogen-bond acceptors (Lipinski definition) is 2. The lowest BCUT2D eigenvalue weighted by molar-refractivity contribution is 0.0944. The Labute approximate surface area is 93.4 Å². The molecule has 0 aliphatic carbocycles. The van der Waals surface area contributed by atoms with Gasteiger partial charge in [0.1, 0.15) is 0 Å². The molecular weight excluding hydrogens is 214 g/mol. The number of carbonyl (C=O) groups is 1. The van der Waals surface area contributed by atoms with E-state index >= 15 is 0 Å². The molecule has 1 atom stereocenters. The van der Waals surface area contributed by atoms with Crippen LogP contribution in [0.15, 0.2) is 18.2 Å². The maximum Gasteiger partial charge on any atom is 0.251 e. The van der Waals surface area contributed by atoms with E-state index in [1.165, 1.54) is 0 Å². The maximum atomic E-state index is 11.7. The fourth-order valence-electron chi connectivity index (χ4n) is 1.82. The molecule has 3 nitrogen and oxygen atoms in total. The first-order chi connectivity index (χ1) is 7.22. The van der Waals surface area contributed by atoms with Gasteiger partial charge in [-0.2, -0.15) is 0 Å². The Bertz CT molecular complexity index is 392. The van der Waals surface area contributed by atoms with Crippen molar-refractivity contribution in [1.29, 1.82) is 0 Å². The van der Waals surface area contributed by atoms with E-state index < -0.39 is 0 Å². The highest BCUT2D eigenvalue weighted by molar-refractivity contribution is 6.31. The van der Waals surface area contributed by atoms with Crippen LogP contribution in [-0.2, 0) is 4.74 Å². The number of nitrogens with one attached hydrogen (secondary N) is 1. The standard InChI is InChI=1S/C11H12ClNO2/c1-15-10-4-5-13-11(14)9-6-7(12)2-3-8(9)10/h2-3,6,10H,4-5H2,1H3,(H,13,14). The van der Waals surface area contributed by atoms with Gasteiger partial charge in [-0.15, -0.1) is 0 Å². The third-order valence-electron chi connectivity index (χ3n) is 2.58. The minimum Gasteiger partial charge on any atom is -0.377 e. The van der Waals surface area contributed by atoms with E-state index in [0.717, 1.165) is 12.0 Å². The Hall–Kier alpha value is -1.06. The number of ether oxygens (including phenoxy) is 1. The van der Waals surface area contributed by atoms with Crippen molar-refractivity contribution >= 4 is 17.5 Å². The summed E-state index contributed by atoms with van der Waals surface area (Å²) < 4.78 is 5.35. The maximum absolute atomic E-state index is 11.7. The Morgan fingerprint density at radius 3 is 3.07 bits per heavy atom. The van der Waals surface area contributed by atoms with Crippen LogP contribution in [0.4, 0.5) is 0 Å². The summed E-state index contributed by atoms with van der Waals surface area (Å²) in [5.41, 5.74) is 1.53. The molecule has 0 saturated carbocycles. The minimum absolute atomic E-state index is 0.0313. The molecule has 2 rings (SSSR count). The van der Waals surface area contributed by atoms with Gasteiger partial charge in [0.2, 0.25) is 0 Å². The quantitative estimate of drug-likeness (QED) is 0.796. The molecule has 4 heteroatoms. The lowest BCUT2D eigenvalue weighted by Gasteiger charge is -2.14. The van der Waals surface area contributed by atoms with E-state index in [2.05, 4.69) is 5.32 Å². The lowest BCUT2D eigenvalue weighted by Crippen LogP contribution is -2.22. The molecule has 0 bridgehead atoms. The smallest absolute Gasteiger partial charge is 0.251 e. The molecule has 15 heavy (non-hydrogen) atoms. The molecule has 1 unspecified atom stereocenters. The molecule has 1 aliphatic heterocycles. The van der Waals surface area contributed by atoms with Gasteiger partial charge in [0.15, 0.2) is 0 Å². The minimum atomic E-state index is -0.0768. The van der Waals surface area contributed by atoms with Gasteiger partial charge in [-0.3, -0.25) is 4.79 Å². The predicted molar refractivity (Wildman–Crippen MR) is 58.2 cm³/mol. The molecule has 1 aliphatic rings. The molecule has 1 amide bonds. The molecule has 80 valence electrons. The second-order valence-corrected chi connectivity index (χ2v) is 3.94. The number of amides is 1. The number of benzene rings is 1. The molecule has 1 heterocycles. The van der Waals surface area contributed by atoms with Crippen LogP contribution < -0.4 is 5.32 Å². The fraction of sp³-hybridized carbons (Fsp3) is 0.364. The van der Waals surface area contributed by atoms with Crippen molar-refractivity contribution in [3.05, 3.63) is 34.3 Å². The second-order valence-electron chi connectivity index (χ2n) is 3.50. The van der Waals surface area contributed by atoms with E-state index in [-0.39, 0.29) is 12.0 Å². The van der Waals surface area contributed by atoms with Crippen LogP contribution in [0.5, 0.6) is 0 Å². The highest BCUT2D eigenvalue weighted by Gasteiger charge is 2.22. The topological polar surface area (TPSA) is 38.3 Å². The van der Waals surface area contributed by atoms with Gasteiger partial charge < -0.3 is 10.1 Å². The van der Waals surface area contributed by atoms with Crippen LogP contribution in [0.3, 0.4) is 0 Å². The molecule has 0 aromatic heterocycles. The SMILES string of the molecule is COC1CCNC(=O)c2cc(Cl)ccc21. The second kappa shape index (κ2) is 4.21. The van der Waals surface area contributed by atoms with Crippen LogP contribution in [0, 0.1) is 0 Å². The Kier molecular flexibility index (Phi) is 2.93. The summed E-state index contributed by atoms with van der Waals surface area (Å²) in [7, 11) is 1.65. The molecule has 0 spiro atoms. The van der Waals surface area contributed by atoms with E-state index in [4.69, 9.17) is 16.3 Å². The van der Waals surface area contributed by atoms with Crippen LogP contribution in [0.25, 0.3) is 0 Å². The summed E-state index contributed by atoms with van der Waals surface area (Å²) in [4.78, 5) is 11.7.